The van der Waals surface area contributed by atoms with Gasteiger partial charge in [-0.2, -0.15) is 0 Å². The smallest absolute Gasteiger partial charge is 0.231 e. The summed E-state index contributed by atoms with van der Waals surface area (Å²) in [5.41, 5.74) is 0.736. The predicted octanol–water partition coefficient (Wildman–Crippen LogP) is 3.84. The van der Waals surface area contributed by atoms with Crippen molar-refractivity contribution in [1.29, 1.82) is 0 Å². The lowest BCUT2D eigenvalue weighted by atomic mass is 10.2. The van der Waals surface area contributed by atoms with Crippen molar-refractivity contribution in [2.24, 2.45) is 0 Å². The molecule has 0 aliphatic heterocycles. The van der Waals surface area contributed by atoms with E-state index in [1.165, 1.54) is 0 Å². The van der Waals surface area contributed by atoms with Crippen LogP contribution in [0.3, 0.4) is 0 Å². The van der Waals surface area contributed by atoms with E-state index in [2.05, 4.69) is 9.97 Å². The molecule has 0 aliphatic carbocycles. The Hall–Kier alpha value is -2.62. The Kier molecular flexibility index (Phi) is 2.98. The van der Waals surface area contributed by atoms with Crippen molar-refractivity contribution in [2.45, 2.75) is 6.92 Å². The van der Waals surface area contributed by atoms with Crippen LogP contribution < -0.4 is 4.74 Å². The highest BCUT2D eigenvalue weighted by molar-refractivity contribution is 5.60. The Labute approximate surface area is 110 Å². The van der Waals surface area contributed by atoms with E-state index in [4.69, 9.17) is 9.15 Å². The van der Waals surface area contributed by atoms with Gasteiger partial charge in [0, 0.05) is 6.20 Å². The summed E-state index contributed by atoms with van der Waals surface area (Å²) in [5, 5.41) is 0. The van der Waals surface area contributed by atoms with Crippen molar-refractivity contribution in [3.63, 3.8) is 0 Å². The number of para-hydroxylation sites is 1. The summed E-state index contributed by atoms with van der Waals surface area (Å²) in [6.07, 6.45) is 3.35. The van der Waals surface area contributed by atoms with Crippen LogP contribution >= 0.6 is 0 Å². The molecule has 2 heterocycles. The molecule has 0 fully saturated rings. The maximum Gasteiger partial charge on any atom is 0.231 e. The van der Waals surface area contributed by atoms with E-state index in [1.54, 1.807) is 12.4 Å². The first-order valence-corrected chi connectivity index (χ1v) is 5.93. The largest absolute Gasteiger partial charge is 0.441 e. The fourth-order valence-electron chi connectivity index (χ4n) is 1.71. The number of aromatic nitrogens is 2. The average molecular weight is 252 g/mol. The standard InChI is InChI=1S/C15H12N2O2/c1-11-10-17-15(18-11)13-8-5-9-16-14(13)19-12-6-3-2-4-7-12/h2-10H,1H3. The normalized spacial score (nSPS) is 10.4. The van der Waals surface area contributed by atoms with Crippen LogP contribution in [-0.2, 0) is 0 Å². The number of aryl methyl sites for hydroxylation is 1. The molecule has 2 aromatic heterocycles. The SMILES string of the molecule is Cc1cnc(-c2cccnc2Oc2ccccc2)o1. The van der Waals surface area contributed by atoms with Gasteiger partial charge in [-0.1, -0.05) is 18.2 Å². The molecule has 1 aromatic carbocycles. The first kappa shape index (κ1) is 11.5. The number of benzene rings is 1. The van der Waals surface area contributed by atoms with E-state index in [1.807, 2.05) is 49.4 Å². The Bertz CT molecular complexity index is 677. The van der Waals surface area contributed by atoms with Gasteiger partial charge in [-0.3, -0.25) is 0 Å². The molecule has 0 bridgehead atoms. The Morgan fingerprint density at radius 1 is 1.00 bits per heavy atom. The zero-order chi connectivity index (χ0) is 13.1. The maximum atomic E-state index is 5.76. The number of oxazole rings is 1. The Morgan fingerprint density at radius 2 is 1.84 bits per heavy atom. The number of hydrogen-bond acceptors (Lipinski definition) is 4. The molecule has 4 heteroatoms. The van der Waals surface area contributed by atoms with E-state index in [0.29, 0.717) is 11.8 Å². The second-order valence-electron chi connectivity index (χ2n) is 4.05. The van der Waals surface area contributed by atoms with Crippen LogP contribution in [0.4, 0.5) is 0 Å². The van der Waals surface area contributed by atoms with Crippen molar-refractivity contribution in [3.05, 3.63) is 60.6 Å². The average Bonchev–Trinajstić information content (AvgIpc) is 2.87. The molecule has 19 heavy (non-hydrogen) atoms. The summed E-state index contributed by atoms with van der Waals surface area (Å²) in [6.45, 7) is 1.85. The quantitative estimate of drug-likeness (QED) is 0.710. The van der Waals surface area contributed by atoms with Gasteiger partial charge in [-0.25, -0.2) is 9.97 Å². The number of rotatable bonds is 3. The minimum absolute atomic E-state index is 0.482. The molecule has 3 rings (SSSR count). The monoisotopic (exact) mass is 252 g/mol. The lowest BCUT2D eigenvalue weighted by molar-refractivity contribution is 0.460. The van der Waals surface area contributed by atoms with Crippen LogP contribution in [0.2, 0.25) is 0 Å². The van der Waals surface area contributed by atoms with Crippen molar-refractivity contribution in [1.82, 2.24) is 9.97 Å². The Balaban J connectivity index is 1.98. The third-order valence-corrected chi connectivity index (χ3v) is 2.58. The van der Waals surface area contributed by atoms with E-state index in [-0.39, 0.29) is 0 Å². The molecule has 0 N–H and O–H groups in total. The number of hydrogen-bond donors (Lipinski definition) is 0. The number of pyridine rings is 1. The van der Waals surface area contributed by atoms with Gasteiger partial charge in [0.2, 0.25) is 11.8 Å². The van der Waals surface area contributed by atoms with Gasteiger partial charge in [0.1, 0.15) is 11.5 Å². The van der Waals surface area contributed by atoms with E-state index < -0.39 is 0 Å². The molecule has 0 unspecified atom stereocenters. The third kappa shape index (κ3) is 2.47. The van der Waals surface area contributed by atoms with Crippen molar-refractivity contribution >= 4 is 0 Å². The van der Waals surface area contributed by atoms with Crippen molar-refractivity contribution < 1.29 is 9.15 Å². The summed E-state index contributed by atoms with van der Waals surface area (Å²) in [6, 6.07) is 13.2. The molecule has 0 saturated heterocycles. The number of nitrogens with zero attached hydrogens (tertiary/aromatic N) is 2. The first-order valence-electron chi connectivity index (χ1n) is 5.93. The van der Waals surface area contributed by atoms with Gasteiger partial charge in [-0.15, -0.1) is 0 Å². The third-order valence-electron chi connectivity index (χ3n) is 2.58. The van der Waals surface area contributed by atoms with Gasteiger partial charge < -0.3 is 9.15 Å². The maximum absolute atomic E-state index is 5.76. The van der Waals surface area contributed by atoms with Gasteiger partial charge in [0.05, 0.1) is 11.8 Å². The van der Waals surface area contributed by atoms with Gasteiger partial charge >= 0.3 is 0 Å². The van der Waals surface area contributed by atoms with Gasteiger partial charge in [0.15, 0.2) is 0 Å². The molecule has 0 spiro atoms. The van der Waals surface area contributed by atoms with Crippen LogP contribution in [0.1, 0.15) is 5.76 Å². The lowest BCUT2D eigenvalue weighted by Gasteiger charge is -2.07. The second-order valence-corrected chi connectivity index (χ2v) is 4.05. The first-order chi connectivity index (χ1) is 9.33. The second kappa shape index (κ2) is 4.94. The van der Waals surface area contributed by atoms with Crippen LogP contribution in [0.15, 0.2) is 59.3 Å². The van der Waals surface area contributed by atoms with Crippen LogP contribution in [-0.4, -0.2) is 9.97 Å². The molecule has 94 valence electrons. The molecule has 0 saturated carbocycles. The fourth-order valence-corrected chi connectivity index (χ4v) is 1.71. The fraction of sp³-hybridized carbons (Fsp3) is 0.0667. The summed E-state index contributed by atoms with van der Waals surface area (Å²) in [5.74, 6) is 2.47. The highest BCUT2D eigenvalue weighted by Gasteiger charge is 2.12. The van der Waals surface area contributed by atoms with E-state index >= 15 is 0 Å². The molecule has 0 atom stereocenters. The van der Waals surface area contributed by atoms with Crippen LogP contribution in [0.5, 0.6) is 11.6 Å². The minimum Gasteiger partial charge on any atom is -0.441 e. The zero-order valence-electron chi connectivity index (χ0n) is 10.4. The van der Waals surface area contributed by atoms with Crippen LogP contribution in [0, 0.1) is 6.92 Å². The highest BCUT2D eigenvalue weighted by atomic mass is 16.5. The van der Waals surface area contributed by atoms with Crippen LogP contribution in [0.25, 0.3) is 11.5 Å². The van der Waals surface area contributed by atoms with Gasteiger partial charge in [0.25, 0.3) is 0 Å². The minimum atomic E-state index is 0.482. The molecule has 0 aliphatic rings. The predicted molar refractivity (Wildman–Crippen MR) is 71.0 cm³/mol. The molecular formula is C15H12N2O2. The molecular weight excluding hydrogens is 240 g/mol. The summed E-state index contributed by atoms with van der Waals surface area (Å²) >= 11 is 0. The molecule has 0 radical (unpaired) electrons. The Morgan fingerprint density at radius 3 is 2.58 bits per heavy atom. The van der Waals surface area contributed by atoms with Crippen molar-refractivity contribution in [2.75, 3.05) is 0 Å². The summed E-state index contributed by atoms with van der Waals surface area (Å²) in [7, 11) is 0. The van der Waals surface area contributed by atoms with Gasteiger partial charge in [-0.05, 0) is 31.2 Å². The topological polar surface area (TPSA) is 48.2 Å². The summed E-state index contributed by atoms with van der Waals surface area (Å²) < 4.78 is 11.3. The molecule has 0 amide bonds. The molecule has 3 aromatic rings. The summed E-state index contributed by atoms with van der Waals surface area (Å²) in [4.78, 5) is 8.44. The van der Waals surface area contributed by atoms with E-state index in [0.717, 1.165) is 17.1 Å². The zero-order valence-corrected chi connectivity index (χ0v) is 10.4. The van der Waals surface area contributed by atoms with Crippen molar-refractivity contribution in [3.8, 4) is 23.1 Å². The highest BCUT2D eigenvalue weighted by Crippen LogP contribution is 2.30. The number of ether oxygens (including phenoxy) is 1. The van der Waals surface area contributed by atoms with E-state index in [9.17, 15) is 0 Å². The lowest BCUT2D eigenvalue weighted by Crippen LogP contribution is -1.91. The molecule has 4 nitrogen and oxygen atoms in total.